The van der Waals surface area contributed by atoms with Gasteiger partial charge in [0.2, 0.25) is 0 Å². The molecule has 0 spiro atoms. The summed E-state index contributed by atoms with van der Waals surface area (Å²) in [6.07, 6.45) is 6.30. The Morgan fingerprint density at radius 1 is 1.53 bits per heavy atom. The molecule has 2 aromatic rings. The molecule has 1 aliphatic rings. The average Bonchev–Trinajstić information content (AvgIpc) is 3.02. The van der Waals surface area contributed by atoms with Crippen molar-refractivity contribution < 1.29 is 4.74 Å². The van der Waals surface area contributed by atoms with Gasteiger partial charge in [0.05, 0.1) is 12.4 Å². The molecule has 0 amide bonds. The molecule has 19 heavy (non-hydrogen) atoms. The van der Waals surface area contributed by atoms with Crippen molar-refractivity contribution in [3.8, 4) is 5.75 Å². The third kappa shape index (κ3) is 3.36. The summed E-state index contributed by atoms with van der Waals surface area (Å²) in [5, 5.41) is 7.64. The zero-order chi connectivity index (χ0) is 13.2. The third-order valence-electron chi connectivity index (χ3n) is 3.29. The monoisotopic (exact) mass is 277 g/mol. The Hall–Kier alpha value is -1.33. The van der Waals surface area contributed by atoms with Crippen LogP contribution in [0.15, 0.2) is 18.5 Å². The van der Waals surface area contributed by atoms with Crippen LogP contribution < -0.4 is 10.1 Å². The van der Waals surface area contributed by atoms with E-state index in [0.29, 0.717) is 6.61 Å². The lowest BCUT2D eigenvalue weighted by atomic mass is 10.2. The number of aromatic nitrogens is 2. The van der Waals surface area contributed by atoms with Gasteiger partial charge in [-0.15, -0.1) is 11.3 Å². The van der Waals surface area contributed by atoms with Gasteiger partial charge in [-0.3, -0.25) is 4.68 Å². The van der Waals surface area contributed by atoms with Crippen LogP contribution in [0.25, 0.3) is 0 Å². The van der Waals surface area contributed by atoms with Crippen molar-refractivity contribution in [3.63, 3.8) is 0 Å². The van der Waals surface area contributed by atoms with Gasteiger partial charge < -0.3 is 10.1 Å². The van der Waals surface area contributed by atoms with Crippen molar-refractivity contribution in [1.82, 2.24) is 15.1 Å². The molecule has 0 bridgehead atoms. The summed E-state index contributed by atoms with van der Waals surface area (Å²) in [6, 6.07) is 3.02. The van der Waals surface area contributed by atoms with Gasteiger partial charge in [-0.2, -0.15) is 5.10 Å². The summed E-state index contributed by atoms with van der Waals surface area (Å²) in [5.41, 5.74) is 1.28. The smallest absolute Gasteiger partial charge is 0.157 e. The number of nitrogens with one attached hydrogen (secondary N) is 1. The van der Waals surface area contributed by atoms with Crippen molar-refractivity contribution in [3.05, 3.63) is 33.8 Å². The van der Waals surface area contributed by atoms with E-state index in [1.165, 1.54) is 28.2 Å². The van der Waals surface area contributed by atoms with E-state index in [-0.39, 0.29) is 0 Å². The molecule has 2 aromatic heterocycles. The lowest BCUT2D eigenvalue weighted by Gasteiger charge is -2.02. The van der Waals surface area contributed by atoms with Crippen molar-refractivity contribution in [1.29, 1.82) is 0 Å². The predicted octanol–water partition coefficient (Wildman–Crippen LogP) is 2.62. The molecule has 4 nitrogen and oxygen atoms in total. The second-order valence-corrected chi connectivity index (χ2v) is 6.43. The quantitative estimate of drug-likeness (QED) is 0.882. The van der Waals surface area contributed by atoms with Crippen molar-refractivity contribution in [2.75, 3.05) is 0 Å². The van der Waals surface area contributed by atoms with Crippen LogP contribution in [0, 0.1) is 6.92 Å². The summed E-state index contributed by atoms with van der Waals surface area (Å²) in [7, 11) is 1.89. The van der Waals surface area contributed by atoms with Crippen LogP contribution >= 0.6 is 11.3 Å². The molecule has 0 atom stereocenters. The van der Waals surface area contributed by atoms with Gasteiger partial charge >= 0.3 is 0 Å². The van der Waals surface area contributed by atoms with Crippen LogP contribution in [-0.2, 0) is 20.2 Å². The number of nitrogens with zero attached hydrogens (tertiary/aromatic N) is 2. The zero-order valence-electron chi connectivity index (χ0n) is 11.3. The van der Waals surface area contributed by atoms with E-state index in [4.69, 9.17) is 4.74 Å². The van der Waals surface area contributed by atoms with Crippen molar-refractivity contribution >= 4 is 11.3 Å². The first-order valence-electron chi connectivity index (χ1n) is 6.64. The maximum absolute atomic E-state index is 5.75. The molecule has 0 radical (unpaired) electrons. The minimum Gasteiger partial charge on any atom is -0.486 e. The van der Waals surface area contributed by atoms with E-state index >= 15 is 0 Å². The fraction of sp³-hybridized carbons (Fsp3) is 0.500. The molecule has 2 heterocycles. The lowest BCUT2D eigenvalue weighted by molar-refractivity contribution is 0.305. The predicted molar refractivity (Wildman–Crippen MR) is 76.5 cm³/mol. The number of aryl methyl sites for hydroxylation is 2. The number of ether oxygens (including phenoxy) is 1. The van der Waals surface area contributed by atoms with E-state index in [2.05, 4.69) is 23.4 Å². The average molecular weight is 277 g/mol. The Morgan fingerprint density at radius 3 is 3.05 bits per heavy atom. The van der Waals surface area contributed by atoms with Crippen LogP contribution in [0.5, 0.6) is 5.75 Å². The van der Waals surface area contributed by atoms with Gasteiger partial charge in [-0.25, -0.2) is 0 Å². The highest BCUT2D eigenvalue weighted by molar-refractivity contribution is 7.12. The van der Waals surface area contributed by atoms with E-state index < -0.39 is 0 Å². The Morgan fingerprint density at radius 2 is 2.37 bits per heavy atom. The molecule has 1 N–H and O–H groups in total. The molecule has 0 aromatic carbocycles. The SMILES string of the molecule is Cc1sc(CNC2CC2)cc1COc1cnn(C)c1. The molecule has 0 unspecified atom stereocenters. The fourth-order valence-electron chi connectivity index (χ4n) is 1.98. The van der Waals surface area contributed by atoms with E-state index in [0.717, 1.165) is 18.3 Å². The van der Waals surface area contributed by atoms with Crippen LogP contribution in [0.2, 0.25) is 0 Å². The number of hydrogen-bond donors (Lipinski definition) is 1. The molecular formula is C14H19N3OS. The zero-order valence-corrected chi connectivity index (χ0v) is 12.2. The molecule has 0 aliphatic heterocycles. The molecule has 5 heteroatoms. The molecule has 1 aliphatic carbocycles. The van der Waals surface area contributed by atoms with E-state index in [1.807, 2.05) is 24.6 Å². The fourth-order valence-corrected chi connectivity index (χ4v) is 2.98. The Balaban J connectivity index is 1.57. The van der Waals surface area contributed by atoms with Gasteiger partial charge in [0, 0.05) is 35.0 Å². The topological polar surface area (TPSA) is 39.1 Å². The number of thiophene rings is 1. The maximum atomic E-state index is 5.75. The minimum absolute atomic E-state index is 0.622. The minimum atomic E-state index is 0.622. The highest BCUT2D eigenvalue weighted by Crippen LogP contribution is 2.25. The summed E-state index contributed by atoms with van der Waals surface area (Å²) in [5.74, 6) is 0.825. The maximum Gasteiger partial charge on any atom is 0.157 e. The van der Waals surface area contributed by atoms with Gasteiger partial charge in [-0.1, -0.05) is 0 Å². The first kappa shape index (κ1) is 12.7. The van der Waals surface area contributed by atoms with Crippen LogP contribution in [0.3, 0.4) is 0 Å². The molecule has 102 valence electrons. The van der Waals surface area contributed by atoms with Crippen LogP contribution in [-0.4, -0.2) is 15.8 Å². The normalized spacial score (nSPS) is 14.8. The first-order chi connectivity index (χ1) is 9.20. The molecule has 1 fully saturated rings. The second-order valence-electron chi connectivity index (χ2n) is 5.09. The summed E-state index contributed by atoms with van der Waals surface area (Å²) >= 11 is 1.86. The summed E-state index contributed by atoms with van der Waals surface area (Å²) < 4.78 is 7.50. The summed E-state index contributed by atoms with van der Waals surface area (Å²) in [6.45, 7) is 3.77. The van der Waals surface area contributed by atoms with Gasteiger partial charge in [0.15, 0.2) is 5.75 Å². The Labute approximate surface area is 117 Å². The molecular weight excluding hydrogens is 258 g/mol. The highest BCUT2D eigenvalue weighted by Gasteiger charge is 2.20. The van der Waals surface area contributed by atoms with Crippen molar-refractivity contribution in [2.45, 2.75) is 39.0 Å². The molecule has 0 saturated heterocycles. The van der Waals surface area contributed by atoms with E-state index in [1.54, 1.807) is 10.9 Å². The van der Waals surface area contributed by atoms with Gasteiger partial charge in [0.1, 0.15) is 6.61 Å². The van der Waals surface area contributed by atoms with Gasteiger partial charge in [-0.05, 0) is 25.8 Å². The Bertz CT molecular complexity index is 557. The second kappa shape index (κ2) is 5.35. The number of rotatable bonds is 6. The molecule has 3 rings (SSSR count). The van der Waals surface area contributed by atoms with Crippen LogP contribution in [0.4, 0.5) is 0 Å². The largest absolute Gasteiger partial charge is 0.486 e. The number of hydrogen-bond acceptors (Lipinski definition) is 4. The van der Waals surface area contributed by atoms with Gasteiger partial charge in [0.25, 0.3) is 0 Å². The van der Waals surface area contributed by atoms with Crippen LogP contribution in [0.1, 0.15) is 28.2 Å². The van der Waals surface area contributed by atoms with E-state index in [9.17, 15) is 0 Å². The standard InChI is InChI=1S/C14H19N3OS/c1-10-11(9-18-13-6-16-17(2)8-13)5-14(19-10)7-15-12-3-4-12/h5-6,8,12,15H,3-4,7,9H2,1-2H3. The lowest BCUT2D eigenvalue weighted by Crippen LogP contribution is -2.14. The van der Waals surface area contributed by atoms with Crippen molar-refractivity contribution in [2.24, 2.45) is 7.05 Å². The summed E-state index contributed by atoms with van der Waals surface area (Å²) in [4.78, 5) is 2.74. The Kier molecular flexibility index (Phi) is 3.57. The molecule has 1 saturated carbocycles. The highest BCUT2D eigenvalue weighted by atomic mass is 32.1. The first-order valence-corrected chi connectivity index (χ1v) is 7.45. The third-order valence-corrected chi connectivity index (χ3v) is 4.38.